The lowest BCUT2D eigenvalue weighted by atomic mass is 10.1. The van der Waals surface area contributed by atoms with E-state index in [9.17, 15) is 14.0 Å². The minimum atomic E-state index is -0.769. The van der Waals surface area contributed by atoms with Gasteiger partial charge in [0.2, 0.25) is 5.91 Å². The molecule has 144 valence electrons. The van der Waals surface area contributed by atoms with Crippen LogP contribution in [0.25, 0.3) is 11.3 Å². The summed E-state index contributed by atoms with van der Waals surface area (Å²) < 4.78 is 18.4. The SMILES string of the molecule is CC(=O)Nc1ccc(-c2csc(NC(=O)C(C)Oc3ccc(F)cc3)n2)cc1. The van der Waals surface area contributed by atoms with Crippen LogP contribution >= 0.6 is 11.3 Å². The Bertz CT molecular complexity index is 971. The van der Waals surface area contributed by atoms with E-state index in [0.717, 1.165) is 5.56 Å². The van der Waals surface area contributed by atoms with Gasteiger partial charge in [0.1, 0.15) is 11.6 Å². The number of ether oxygens (including phenoxy) is 1. The van der Waals surface area contributed by atoms with E-state index in [1.54, 1.807) is 19.1 Å². The molecule has 0 saturated carbocycles. The predicted molar refractivity (Wildman–Crippen MR) is 107 cm³/mol. The Balaban J connectivity index is 1.61. The Morgan fingerprint density at radius 1 is 1.07 bits per heavy atom. The van der Waals surface area contributed by atoms with Crippen LogP contribution < -0.4 is 15.4 Å². The van der Waals surface area contributed by atoms with Gasteiger partial charge >= 0.3 is 0 Å². The molecule has 2 N–H and O–H groups in total. The smallest absolute Gasteiger partial charge is 0.266 e. The monoisotopic (exact) mass is 399 g/mol. The third kappa shape index (κ3) is 5.14. The fourth-order valence-electron chi connectivity index (χ4n) is 2.37. The molecule has 6 nitrogen and oxygen atoms in total. The number of nitrogens with zero attached hydrogens (tertiary/aromatic N) is 1. The number of anilines is 2. The third-order valence-corrected chi connectivity index (χ3v) is 4.49. The summed E-state index contributed by atoms with van der Waals surface area (Å²) in [6.45, 7) is 3.05. The minimum absolute atomic E-state index is 0.136. The van der Waals surface area contributed by atoms with Crippen molar-refractivity contribution in [1.29, 1.82) is 0 Å². The molecular formula is C20H18FN3O3S. The lowest BCUT2D eigenvalue weighted by molar-refractivity contribution is -0.122. The number of thiazole rings is 1. The van der Waals surface area contributed by atoms with E-state index in [4.69, 9.17) is 4.74 Å². The van der Waals surface area contributed by atoms with Gasteiger partial charge in [0.25, 0.3) is 5.91 Å². The summed E-state index contributed by atoms with van der Waals surface area (Å²) in [4.78, 5) is 27.8. The van der Waals surface area contributed by atoms with Crippen LogP contribution in [0.5, 0.6) is 5.75 Å². The number of aromatic nitrogens is 1. The van der Waals surface area contributed by atoms with E-state index in [1.807, 2.05) is 17.5 Å². The largest absolute Gasteiger partial charge is 0.481 e. The quantitative estimate of drug-likeness (QED) is 0.647. The van der Waals surface area contributed by atoms with Gasteiger partial charge in [-0.2, -0.15) is 0 Å². The summed E-state index contributed by atoms with van der Waals surface area (Å²) in [5.41, 5.74) is 2.27. The number of hydrogen-bond donors (Lipinski definition) is 2. The first-order valence-corrected chi connectivity index (χ1v) is 9.35. The Kier molecular flexibility index (Phi) is 6.00. The number of halogens is 1. The van der Waals surface area contributed by atoms with Crippen molar-refractivity contribution in [3.8, 4) is 17.0 Å². The second-order valence-electron chi connectivity index (χ2n) is 6.00. The number of carbonyl (C=O) groups is 2. The maximum absolute atomic E-state index is 12.9. The Labute approximate surface area is 165 Å². The van der Waals surface area contributed by atoms with Crippen molar-refractivity contribution in [2.45, 2.75) is 20.0 Å². The van der Waals surface area contributed by atoms with Crippen molar-refractivity contribution in [2.75, 3.05) is 10.6 Å². The Hall–Kier alpha value is -3.26. The van der Waals surface area contributed by atoms with Crippen LogP contribution in [0.4, 0.5) is 15.2 Å². The number of hydrogen-bond acceptors (Lipinski definition) is 5. The average Bonchev–Trinajstić information content (AvgIpc) is 3.12. The van der Waals surface area contributed by atoms with Crippen LogP contribution in [0.3, 0.4) is 0 Å². The third-order valence-electron chi connectivity index (χ3n) is 3.73. The zero-order valence-corrected chi connectivity index (χ0v) is 16.0. The van der Waals surface area contributed by atoms with Gasteiger partial charge in [-0.3, -0.25) is 14.9 Å². The molecule has 1 unspecified atom stereocenters. The highest BCUT2D eigenvalue weighted by Crippen LogP contribution is 2.26. The van der Waals surface area contributed by atoms with Crippen molar-refractivity contribution in [3.63, 3.8) is 0 Å². The number of amides is 2. The van der Waals surface area contributed by atoms with Crippen LogP contribution in [-0.2, 0) is 9.59 Å². The normalized spacial score (nSPS) is 11.5. The molecule has 0 aliphatic rings. The van der Waals surface area contributed by atoms with Crippen LogP contribution in [0.1, 0.15) is 13.8 Å². The van der Waals surface area contributed by atoms with Gasteiger partial charge in [0, 0.05) is 23.6 Å². The Morgan fingerprint density at radius 2 is 1.75 bits per heavy atom. The first kappa shape index (κ1) is 19.5. The van der Waals surface area contributed by atoms with E-state index in [1.165, 1.54) is 42.5 Å². The molecule has 3 rings (SSSR count). The Morgan fingerprint density at radius 3 is 2.39 bits per heavy atom. The summed E-state index contributed by atoms with van der Waals surface area (Å²) >= 11 is 1.30. The van der Waals surface area contributed by atoms with Gasteiger partial charge in [-0.15, -0.1) is 11.3 Å². The second kappa shape index (κ2) is 8.62. The van der Waals surface area contributed by atoms with Crippen LogP contribution in [0.15, 0.2) is 53.9 Å². The summed E-state index contributed by atoms with van der Waals surface area (Å²) in [6.07, 6.45) is -0.769. The molecule has 0 radical (unpaired) electrons. The lowest BCUT2D eigenvalue weighted by Gasteiger charge is -2.13. The summed E-state index contributed by atoms with van der Waals surface area (Å²) in [7, 11) is 0. The molecule has 0 saturated heterocycles. The molecule has 1 atom stereocenters. The number of benzene rings is 2. The summed E-state index contributed by atoms with van der Waals surface area (Å²) in [6, 6.07) is 12.7. The van der Waals surface area contributed by atoms with E-state index >= 15 is 0 Å². The van der Waals surface area contributed by atoms with Gasteiger partial charge in [0.15, 0.2) is 11.2 Å². The molecule has 0 bridgehead atoms. The van der Waals surface area contributed by atoms with Gasteiger partial charge in [-0.1, -0.05) is 12.1 Å². The maximum Gasteiger partial charge on any atom is 0.266 e. The van der Waals surface area contributed by atoms with Crippen molar-refractivity contribution in [1.82, 2.24) is 4.98 Å². The van der Waals surface area contributed by atoms with Gasteiger partial charge in [-0.25, -0.2) is 9.37 Å². The maximum atomic E-state index is 12.9. The van der Waals surface area contributed by atoms with Crippen molar-refractivity contribution in [3.05, 3.63) is 59.7 Å². The fourth-order valence-corrected chi connectivity index (χ4v) is 3.09. The van der Waals surface area contributed by atoms with E-state index in [-0.39, 0.29) is 17.6 Å². The molecule has 0 fully saturated rings. The minimum Gasteiger partial charge on any atom is -0.481 e. The molecule has 0 aliphatic carbocycles. The number of carbonyl (C=O) groups excluding carboxylic acids is 2. The zero-order valence-electron chi connectivity index (χ0n) is 15.2. The second-order valence-corrected chi connectivity index (χ2v) is 6.86. The average molecular weight is 399 g/mol. The van der Waals surface area contributed by atoms with Crippen LogP contribution in [0.2, 0.25) is 0 Å². The highest BCUT2D eigenvalue weighted by molar-refractivity contribution is 7.14. The fraction of sp³-hybridized carbons (Fsp3) is 0.150. The van der Waals surface area contributed by atoms with Crippen molar-refractivity contribution < 1.29 is 18.7 Å². The number of nitrogens with one attached hydrogen (secondary N) is 2. The van der Waals surface area contributed by atoms with Gasteiger partial charge < -0.3 is 10.1 Å². The van der Waals surface area contributed by atoms with Gasteiger partial charge in [-0.05, 0) is 43.3 Å². The topological polar surface area (TPSA) is 80.3 Å². The molecule has 3 aromatic rings. The summed E-state index contributed by atoms with van der Waals surface area (Å²) in [5.74, 6) is -0.456. The van der Waals surface area contributed by atoms with Crippen LogP contribution in [0, 0.1) is 5.82 Å². The molecule has 1 aromatic heterocycles. The molecular weight excluding hydrogens is 381 g/mol. The first-order chi connectivity index (χ1) is 13.4. The van der Waals surface area contributed by atoms with E-state index < -0.39 is 6.10 Å². The number of rotatable bonds is 6. The molecule has 0 aliphatic heterocycles. The molecule has 2 amide bonds. The zero-order chi connectivity index (χ0) is 20.1. The molecule has 28 heavy (non-hydrogen) atoms. The van der Waals surface area contributed by atoms with Crippen molar-refractivity contribution >= 4 is 34.0 Å². The lowest BCUT2D eigenvalue weighted by Crippen LogP contribution is -2.30. The molecule has 1 heterocycles. The van der Waals surface area contributed by atoms with E-state index in [0.29, 0.717) is 22.3 Å². The van der Waals surface area contributed by atoms with Crippen LogP contribution in [-0.4, -0.2) is 22.9 Å². The highest BCUT2D eigenvalue weighted by atomic mass is 32.1. The summed E-state index contributed by atoms with van der Waals surface area (Å²) in [5, 5.41) is 7.69. The highest BCUT2D eigenvalue weighted by Gasteiger charge is 2.17. The predicted octanol–water partition coefficient (Wildman–Crippen LogP) is 4.31. The van der Waals surface area contributed by atoms with E-state index in [2.05, 4.69) is 15.6 Å². The standard InChI is InChI=1S/C20H18FN3O3S/c1-12(27-17-9-5-15(21)6-10-17)19(26)24-20-23-18(11-28-20)14-3-7-16(8-4-14)22-13(2)25/h3-12H,1-2H3,(H,22,25)(H,23,24,26). The van der Waals surface area contributed by atoms with Crippen molar-refractivity contribution in [2.24, 2.45) is 0 Å². The van der Waals surface area contributed by atoms with Gasteiger partial charge in [0.05, 0.1) is 5.69 Å². The molecule has 8 heteroatoms. The first-order valence-electron chi connectivity index (χ1n) is 8.47. The molecule has 0 spiro atoms. The molecule has 2 aromatic carbocycles.